The molecule has 1 heterocycles. The Balaban J connectivity index is 1.33. The summed E-state index contributed by atoms with van der Waals surface area (Å²) in [5.74, 6) is 0.0456. The van der Waals surface area contributed by atoms with E-state index in [9.17, 15) is 14.7 Å². The summed E-state index contributed by atoms with van der Waals surface area (Å²) in [6.07, 6.45) is 0.571. The number of para-hydroxylation sites is 1. The first-order valence-electron chi connectivity index (χ1n) is 12.2. The number of hydrogen-bond donors (Lipinski definition) is 3. The molecule has 0 saturated heterocycles. The van der Waals surface area contributed by atoms with Gasteiger partial charge in [-0.05, 0) is 53.6 Å². The zero-order valence-electron chi connectivity index (χ0n) is 20.5. The van der Waals surface area contributed by atoms with Crippen molar-refractivity contribution in [2.75, 3.05) is 11.9 Å². The number of aromatic hydroxyl groups is 1. The number of nitrogens with one attached hydrogen (secondary N) is 2. The minimum absolute atomic E-state index is 0.172. The summed E-state index contributed by atoms with van der Waals surface area (Å²) in [4.78, 5) is 25.8. The number of anilines is 1. The van der Waals surface area contributed by atoms with Crippen molar-refractivity contribution in [3.63, 3.8) is 0 Å². The number of carbonyl (C=O) groups is 2. The van der Waals surface area contributed by atoms with E-state index in [1.165, 1.54) is 0 Å². The second kappa shape index (κ2) is 11.3. The van der Waals surface area contributed by atoms with Crippen LogP contribution in [0.1, 0.15) is 32.0 Å². The Morgan fingerprint density at radius 2 is 1.55 bits per heavy atom. The van der Waals surface area contributed by atoms with Crippen LogP contribution in [0.3, 0.4) is 0 Å². The predicted octanol–water partition coefficient (Wildman–Crippen LogP) is 5.94. The molecule has 0 aliphatic carbocycles. The van der Waals surface area contributed by atoms with Gasteiger partial charge in [0.05, 0.1) is 12.3 Å². The molecule has 38 heavy (non-hydrogen) atoms. The van der Waals surface area contributed by atoms with Crippen LogP contribution >= 0.6 is 0 Å². The summed E-state index contributed by atoms with van der Waals surface area (Å²) >= 11 is 0. The molecule has 7 heteroatoms. The van der Waals surface area contributed by atoms with Crippen LogP contribution < -0.4 is 15.4 Å². The SMILES string of the molecule is O=C(NCc1ccccc1)c1ccc(NC(=O)c2cc3ccccc3o2)c(OCCc2ccc(O)cc2)c1. The van der Waals surface area contributed by atoms with Gasteiger partial charge in [-0.1, -0.05) is 60.7 Å². The van der Waals surface area contributed by atoms with E-state index in [0.29, 0.717) is 42.2 Å². The number of fused-ring (bicyclic) bond motifs is 1. The first-order chi connectivity index (χ1) is 18.5. The van der Waals surface area contributed by atoms with E-state index in [2.05, 4.69) is 10.6 Å². The number of carbonyl (C=O) groups excluding carboxylic acids is 2. The quantitative estimate of drug-likeness (QED) is 0.230. The zero-order chi connectivity index (χ0) is 26.3. The summed E-state index contributed by atoms with van der Waals surface area (Å²) in [5.41, 5.74) is 3.41. The molecule has 190 valence electrons. The van der Waals surface area contributed by atoms with Gasteiger partial charge >= 0.3 is 0 Å². The van der Waals surface area contributed by atoms with Crippen LogP contribution in [0.15, 0.2) is 108 Å². The Morgan fingerprint density at radius 1 is 0.789 bits per heavy atom. The Bertz CT molecular complexity index is 1530. The Hall–Kier alpha value is -5.04. The van der Waals surface area contributed by atoms with Gasteiger partial charge in [-0.25, -0.2) is 0 Å². The van der Waals surface area contributed by atoms with Crippen LogP contribution in [0.25, 0.3) is 11.0 Å². The monoisotopic (exact) mass is 506 g/mol. The fraction of sp³-hybridized carbons (Fsp3) is 0.0968. The summed E-state index contributed by atoms with van der Waals surface area (Å²) < 4.78 is 11.7. The Kier molecular flexibility index (Phi) is 7.36. The molecule has 0 atom stereocenters. The lowest BCUT2D eigenvalue weighted by molar-refractivity contribution is 0.0949. The molecular weight excluding hydrogens is 480 g/mol. The van der Waals surface area contributed by atoms with Crippen molar-refractivity contribution >= 4 is 28.5 Å². The maximum absolute atomic E-state index is 13.0. The fourth-order valence-electron chi connectivity index (χ4n) is 3.99. The maximum atomic E-state index is 13.0. The Labute approximate surface area is 219 Å². The number of ether oxygens (including phenoxy) is 1. The lowest BCUT2D eigenvalue weighted by atomic mass is 10.1. The van der Waals surface area contributed by atoms with Gasteiger partial charge in [0.25, 0.3) is 11.8 Å². The van der Waals surface area contributed by atoms with Crippen molar-refractivity contribution in [1.82, 2.24) is 5.32 Å². The molecule has 0 aliphatic rings. The number of phenolic OH excluding ortho intramolecular Hbond substituents is 1. The maximum Gasteiger partial charge on any atom is 0.291 e. The molecular formula is C31H26N2O5. The molecule has 0 unspecified atom stereocenters. The highest BCUT2D eigenvalue weighted by atomic mass is 16.5. The number of amides is 2. The standard InChI is InChI=1S/C31H26N2O5/c34-25-13-10-21(11-14-25)16-17-37-28-19-24(30(35)32-20-22-6-2-1-3-7-22)12-15-26(28)33-31(36)29-18-23-8-4-5-9-27(23)38-29/h1-15,18-19,34H,16-17,20H2,(H,32,35)(H,33,36). The average Bonchev–Trinajstić information content (AvgIpc) is 3.39. The van der Waals surface area contributed by atoms with Crippen LogP contribution in [0.4, 0.5) is 5.69 Å². The van der Waals surface area contributed by atoms with Crippen LogP contribution in [0.5, 0.6) is 11.5 Å². The van der Waals surface area contributed by atoms with Crippen LogP contribution in [-0.2, 0) is 13.0 Å². The van der Waals surface area contributed by atoms with E-state index in [1.54, 1.807) is 42.5 Å². The van der Waals surface area contributed by atoms with Crippen LogP contribution in [-0.4, -0.2) is 23.5 Å². The predicted molar refractivity (Wildman–Crippen MR) is 146 cm³/mol. The van der Waals surface area contributed by atoms with Crippen LogP contribution in [0.2, 0.25) is 0 Å². The highest BCUT2D eigenvalue weighted by Gasteiger charge is 2.17. The molecule has 0 saturated carbocycles. The first kappa shape index (κ1) is 24.6. The number of furan rings is 1. The number of rotatable bonds is 9. The van der Waals surface area contributed by atoms with Crippen molar-refractivity contribution in [2.45, 2.75) is 13.0 Å². The van der Waals surface area contributed by atoms with Gasteiger partial charge in [-0.3, -0.25) is 9.59 Å². The number of hydrogen-bond acceptors (Lipinski definition) is 5. The van der Waals surface area contributed by atoms with E-state index in [4.69, 9.17) is 9.15 Å². The molecule has 2 amide bonds. The van der Waals surface area contributed by atoms with E-state index in [1.807, 2.05) is 60.7 Å². The second-order valence-corrected chi connectivity index (χ2v) is 8.75. The summed E-state index contributed by atoms with van der Waals surface area (Å²) in [6, 6.07) is 30.5. The third-order valence-corrected chi connectivity index (χ3v) is 6.02. The van der Waals surface area contributed by atoms with Crippen molar-refractivity contribution in [3.05, 3.63) is 126 Å². The molecule has 0 bridgehead atoms. The fourth-order valence-corrected chi connectivity index (χ4v) is 3.99. The highest BCUT2D eigenvalue weighted by Crippen LogP contribution is 2.28. The third kappa shape index (κ3) is 6.02. The van der Waals surface area contributed by atoms with Gasteiger partial charge in [0.2, 0.25) is 0 Å². The third-order valence-electron chi connectivity index (χ3n) is 6.02. The van der Waals surface area contributed by atoms with Gasteiger partial charge in [0.15, 0.2) is 5.76 Å². The molecule has 7 nitrogen and oxygen atoms in total. The summed E-state index contributed by atoms with van der Waals surface area (Å²) in [5, 5.41) is 16.1. The van der Waals surface area contributed by atoms with Crippen molar-refractivity contribution in [1.29, 1.82) is 0 Å². The van der Waals surface area contributed by atoms with Gasteiger partial charge in [0.1, 0.15) is 17.1 Å². The van der Waals surface area contributed by atoms with E-state index >= 15 is 0 Å². The second-order valence-electron chi connectivity index (χ2n) is 8.75. The number of benzene rings is 4. The van der Waals surface area contributed by atoms with Gasteiger partial charge in [0, 0.05) is 23.9 Å². The molecule has 1 aromatic heterocycles. The molecule has 0 aliphatic heterocycles. The Morgan fingerprint density at radius 3 is 2.34 bits per heavy atom. The summed E-state index contributed by atoms with van der Waals surface area (Å²) in [7, 11) is 0. The molecule has 5 aromatic rings. The molecule has 0 fully saturated rings. The smallest absolute Gasteiger partial charge is 0.291 e. The van der Waals surface area contributed by atoms with E-state index < -0.39 is 5.91 Å². The lowest BCUT2D eigenvalue weighted by Crippen LogP contribution is -2.23. The average molecular weight is 507 g/mol. The van der Waals surface area contributed by atoms with Crippen molar-refractivity contribution < 1.29 is 23.8 Å². The molecule has 4 aromatic carbocycles. The topological polar surface area (TPSA) is 101 Å². The molecule has 5 rings (SSSR count). The molecule has 0 spiro atoms. The minimum atomic E-state index is -0.425. The normalized spacial score (nSPS) is 10.7. The van der Waals surface area contributed by atoms with Crippen molar-refractivity contribution in [2.24, 2.45) is 0 Å². The molecule has 0 radical (unpaired) electrons. The summed E-state index contributed by atoms with van der Waals surface area (Å²) in [6.45, 7) is 0.689. The zero-order valence-corrected chi connectivity index (χ0v) is 20.5. The van der Waals surface area contributed by atoms with E-state index in [0.717, 1.165) is 16.5 Å². The minimum Gasteiger partial charge on any atom is -0.508 e. The largest absolute Gasteiger partial charge is 0.508 e. The lowest BCUT2D eigenvalue weighted by Gasteiger charge is -2.14. The highest BCUT2D eigenvalue weighted by molar-refractivity contribution is 6.05. The van der Waals surface area contributed by atoms with Crippen LogP contribution in [0, 0.1) is 0 Å². The first-order valence-corrected chi connectivity index (χ1v) is 12.2. The number of phenols is 1. The van der Waals surface area contributed by atoms with Gasteiger partial charge in [-0.15, -0.1) is 0 Å². The van der Waals surface area contributed by atoms with Crippen molar-refractivity contribution in [3.8, 4) is 11.5 Å². The molecule has 3 N–H and O–H groups in total. The van der Waals surface area contributed by atoms with E-state index in [-0.39, 0.29) is 17.4 Å². The van der Waals surface area contributed by atoms with Gasteiger partial charge in [-0.2, -0.15) is 0 Å². The van der Waals surface area contributed by atoms with Gasteiger partial charge < -0.3 is 24.9 Å².